The van der Waals surface area contributed by atoms with Crippen LogP contribution in [-0.4, -0.2) is 6.16 Å². The quantitative estimate of drug-likeness (QED) is 0.411. The second-order valence-electron chi connectivity index (χ2n) is 7.22. The van der Waals surface area contributed by atoms with Crippen LogP contribution in [0.15, 0.2) is 103 Å². The van der Waals surface area contributed by atoms with Crippen molar-refractivity contribution in [2.75, 3.05) is 6.16 Å². The van der Waals surface area contributed by atoms with Crippen LogP contribution in [0.4, 0.5) is 0 Å². The van der Waals surface area contributed by atoms with Crippen molar-refractivity contribution in [1.29, 1.82) is 0 Å². The number of allylic oxidation sites excluding steroid dienone is 2. The largest absolute Gasteiger partial charge is 1.00 e. The Morgan fingerprint density at radius 2 is 1.11 bits per heavy atom. The summed E-state index contributed by atoms with van der Waals surface area (Å²) >= 11 is 0. The summed E-state index contributed by atoms with van der Waals surface area (Å²) in [6, 6.07) is 33.5. The molecule has 0 amide bonds. The Hall–Kier alpha value is -1.69. The van der Waals surface area contributed by atoms with E-state index in [-0.39, 0.29) is 17.0 Å². The molecule has 0 unspecified atom stereocenters. The molecule has 0 saturated heterocycles. The van der Waals surface area contributed by atoms with Crippen molar-refractivity contribution in [1.82, 2.24) is 0 Å². The van der Waals surface area contributed by atoms with E-state index in [1.54, 1.807) is 5.57 Å². The molecule has 0 heterocycles. The third kappa shape index (κ3) is 4.26. The predicted octanol–water partition coefficient (Wildman–Crippen LogP) is 2.34. The fourth-order valence-electron chi connectivity index (χ4n) is 3.80. The molecule has 1 aliphatic carbocycles. The van der Waals surface area contributed by atoms with Crippen LogP contribution in [0.2, 0.25) is 0 Å². The Kier molecular flexibility index (Phi) is 6.68. The lowest BCUT2D eigenvalue weighted by molar-refractivity contribution is -0.00000511. The average molecular weight is 437 g/mol. The number of rotatable bonds is 6. The monoisotopic (exact) mass is 436 g/mol. The van der Waals surface area contributed by atoms with Crippen molar-refractivity contribution < 1.29 is 17.0 Å². The highest BCUT2D eigenvalue weighted by atomic mass is 79.9. The molecule has 0 aliphatic heterocycles. The molecule has 27 heavy (non-hydrogen) atoms. The first kappa shape index (κ1) is 20.1. The molecule has 0 aromatic heterocycles. The lowest BCUT2D eigenvalue weighted by atomic mass is 10.2. The SMILES string of the molecule is C/C(=C/C[P+](c1ccccc1)(c1ccccc1)c1ccccc1)C1CC1.[Br-]. The summed E-state index contributed by atoms with van der Waals surface area (Å²) in [5.74, 6) is 0.833. The molecule has 0 spiro atoms. The molecule has 3 aromatic carbocycles. The molecule has 1 aliphatic rings. The van der Waals surface area contributed by atoms with Crippen LogP contribution in [0.3, 0.4) is 0 Å². The van der Waals surface area contributed by atoms with E-state index in [2.05, 4.69) is 104 Å². The highest BCUT2D eigenvalue weighted by molar-refractivity contribution is 7.95. The molecular weight excluding hydrogens is 411 g/mol. The second kappa shape index (κ2) is 9.00. The van der Waals surface area contributed by atoms with Gasteiger partial charge in [-0.1, -0.05) is 60.2 Å². The van der Waals surface area contributed by atoms with E-state index in [9.17, 15) is 0 Å². The van der Waals surface area contributed by atoms with Crippen LogP contribution in [-0.2, 0) is 0 Å². The summed E-state index contributed by atoms with van der Waals surface area (Å²) in [5.41, 5.74) is 1.58. The van der Waals surface area contributed by atoms with Crippen molar-refractivity contribution in [3.63, 3.8) is 0 Å². The first-order valence-corrected chi connectivity index (χ1v) is 11.5. The van der Waals surface area contributed by atoms with Gasteiger partial charge in [-0.3, -0.25) is 0 Å². The second-order valence-corrected chi connectivity index (χ2v) is 10.8. The number of hydrogen-bond acceptors (Lipinski definition) is 0. The van der Waals surface area contributed by atoms with Crippen molar-refractivity contribution in [3.05, 3.63) is 103 Å². The Morgan fingerprint density at radius 1 is 0.741 bits per heavy atom. The van der Waals surface area contributed by atoms with Gasteiger partial charge in [-0.25, -0.2) is 0 Å². The number of hydrogen-bond donors (Lipinski definition) is 0. The molecule has 0 bridgehead atoms. The molecule has 3 aromatic rings. The fourth-order valence-corrected chi connectivity index (χ4v) is 7.93. The Balaban J connectivity index is 0.00000210. The summed E-state index contributed by atoms with van der Waals surface area (Å²) in [6.07, 6.45) is 6.39. The zero-order chi connectivity index (χ0) is 17.8. The minimum Gasteiger partial charge on any atom is -1.00 e. The molecule has 138 valence electrons. The maximum absolute atomic E-state index is 2.54. The van der Waals surface area contributed by atoms with E-state index < -0.39 is 7.26 Å². The molecule has 1 saturated carbocycles. The topological polar surface area (TPSA) is 0 Å². The van der Waals surface area contributed by atoms with Gasteiger partial charge in [0.25, 0.3) is 0 Å². The van der Waals surface area contributed by atoms with E-state index in [0.29, 0.717) is 0 Å². The average Bonchev–Trinajstić information content (AvgIpc) is 3.56. The lowest BCUT2D eigenvalue weighted by Crippen LogP contribution is -3.00. The smallest absolute Gasteiger partial charge is 0.115 e. The van der Waals surface area contributed by atoms with Gasteiger partial charge in [-0.2, -0.15) is 0 Å². The summed E-state index contributed by atoms with van der Waals surface area (Å²) < 4.78 is 0. The first-order valence-electron chi connectivity index (χ1n) is 9.52. The highest BCUT2D eigenvalue weighted by Gasteiger charge is 2.44. The fraction of sp³-hybridized carbons (Fsp3) is 0.200. The maximum atomic E-state index is 2.54. The zero-order valence-electron chi connectivity index (χ0n) is 15.8. The van der Waals surface area contributed by atoms with E-state index in [4.69, 9.17) is 0 Å². The predicted molar refractivity (Wildman–Crippen MR) is 116 cm³/mol. The van der Waals surface area contributed by atoms with Crippen molar-refractivity contribution >= 4 is 23.2 Å². The summed E-state index contributed by atoms with van der Waals surface area (Å²) in [4.78, 5) is 0. The van der Waals surface area contributed by atoms with Gasteiger partial charge in [0.05, 0.1) is 6.16 Å². The van der Waals surface area contributed by atoms with E-state index >= 15 is 0 Å². The summed E-state index contributed by atoms with van der Waals surface area (Å²) in [7, 11) is -1.70. The minimum absolute atomic E-state index is 0. The standard InChI is InChI=1S/C25H26P.BrH/c1-21(22-17-18-22)19-20-26(23-11-5-2-6-12-23,24-13-7-3-8-14-24)25-15-9-4-10-16-25;/h2-16,19,22H,17-18,20H2,1H3;1H/q+1;/p-1/b21-19-;. The Labute approximate surface area is 174 Å². The van der Waals surface area contributed by atoms with E-state index in [0.717, 1.165) is 12.1 Å². The third-order valence-electron chi connectivity index (χ3n) is 5.50. The van der Waals surface area contributed by atoms with Gasteiger partial charge >= 0.3 is 0 Å². The van der Waals surface area contributed by atoms with Gasteiger partial charge in [0.2, 0.25) is 0 Å². The molecule has 1 fully saturated rings. The third-order valence-corrected chi connectivity index (χ3v) is 9.77. The summed E-state index contributed by atoms with van der Waals surface area (Å²) in [6.45, 7) is 2.33. The van der Waals surface area contributed by atoms with Crippen LogP contribution in [0.25, 0.3) is 0 Å². The van der Waals surface area contributed by atoms with Gasteiger partial charge in [-0.15, -0.1) is 0 Å². The van der Waals surface area contributed by atoms with E-state index in [1.165, 1.54) is 28.8 Å². The van der Waals surface area contributed by atoms with Crippen molar-refractivity contribution in [2.24, 2.45) is 5.92 Å². The van der Waals surface area contributed by atoms with Crippen LogP contribution < -0.4 is 32.9 Å². The normalized spacial score (nSPS) is 14.5. The van der Waals surface area contributed by atoms with Crippen LogP contribution >= 0.6 is 7.26 Å². The molecule has 0 nitrogen and oxygen atoms in total. The number of benzene rings is 3. The maximum Gasteiger partial charge on any atom is 0.115 e. The lowest BCUT2D eigenvalue weighted by Gasteiger charge is -2.27. The highest BCUT2D eigenvalue weighted by Crippen LogP contribution is 2.55. The van der Waals surface area contributed by atoms with Gasteiger partial charge < -0.3 is 17.0 Å². The zero-order valence-corrected chi connectivity index (χ0v) is 18.2. The van der Waals surface area contributed by atoms with Gasteiger partial charge in [0.1, 0.15) is 23.2 Å². The van der Waals surface area contributed by atoms with E-state index in [1.807, 2.05) is 0 Å². The molecule has 4 rings (SSSR count). The van der Waals surface area contributed by atoms with Crippen molar-refractivity contribution in [2.45, 2.75) is 19.8 Å². The molecular formula is C25H26BrP. The number of halogens is 1. The van der Waals surface area contributed by atoms with Crippen LogP contribution in [0, 0.1) is 5.92 Å². The molecule has 2 heteroatoms. The Morgan fingerprint density at radius 3 is 1.44 bits per heavy atom. The molecule has 0 N–H and O–H groups in total. The minimum atomic E-state index is -1.70. The molecule has 0 radical (unpaired) electrons. The van der Waals surface area contributed by atoms with Gasteiger partial charge in [0.15, 0.2) is 0 Å². The van der Waals surface area contributed by atoms with Gasteiger partial charge in [0, 0.05) is 0 Å². The first-order chi connectivity index (χ1) is 12.8. The molecule has 0 atom stereocenters. The van der Waals surface area contributed by atoms with Crippen LogP contribution in [0.5, 0.6) is 0 Å². The van der Waals surface area contributed by atoms with Crippen molar-refractivity contribution in [3.8, 4) is 0 Å². The Bertz CT molecular complexity index is 771. The van der Waals surface area contributed by atoms with Gasteiger partial charge in [-0.05, 0) is 68.2 Å². The van der Waals surface area contributed by atoms with Crippen LogP contribution in [0.1, 0.15) is 19.8 Å². The summed E-state index contributed by atoms with van der Waals surface area (Å²) in [5, 5.41) is 4.41.